The zero-order valence-corrected chi connectivity index (χ0v) is 11.5. The van der Waals surface area contributed by atoms with Crippen LogP contribution in [0.2, 0.25) is 0 Å². The maximum Gasteiger partial charge on any atom is 0.0890 e. The molecule has 0 radical (unpaired) electrons. The number of hydrogen-bond donors (Lipinski definition) is 1. The average molecular weight is 263 g/mol. The van der Waals surface area contributed by atoms with Gasteiger partial charge in [0.05, 0.1) is 17.1 Å². The van der Waals surface area contributed by atoms with Crippen molar-refractivity contribution in [3.05, 3.63) is 71.5 Å². The first-order chi connectivity index (χ1) is 9.78. The number of aromatic nitrogens is 2. The number of nitrogens with zero attached hydrogens (tertiary/aromatic N) is 2. The van der Waals surface area contributed by atoms with E-state index in [1.54, 1.807) is 12.4 Å². The fraction of sp³-hybridized carbons (Fsp3) is 0.176. The first-order valence-electron chi connectivity index (χ1n) is 6.83. The highest BCUT2D eigenvalue weighted by molar-refractivity contribution is 5.74. The average Bonchev–Trinajstić information content (AvgIpc) is 2.53. The van der Waals surface area contributed by atoms with Crippen molar-refractivity contribution in [2.24, 2.45) is 5.73 Å². The lowest BCUT2D eigenvalue weighted by Crippen LogP contribution is -2.12. The summed E-state index contributed by atoms with van der Waals surface area (Å²) in [6, 6.07) is 14.3. The van der Waals surface area contributed by atoms with E-state index in [9.17, 15) is 0 Å². The number of nitrogens with two attached hydrogens (primary N) is 1. The lowest BCUT2D eigenvalue weighted by atomic mass is 9.97. The van der Waals surface area contributed by atoms with Crippen molar-refractivity contribution < 1.29 is 0 Å². The minimum absolute atomic E-state index is 0.132. The molecule has 1 heterocycles. The Hall–Kier alpha value is -2.26. The smallest absolute Gasteiger partial charge is 0.0890 e. The number of aryl methyl sites for hydroxylation is 1. The molecule has 0 saturated carbocycles. The molecule has 20 heavy (non-hydrogen) atoms. The van der Waals surface area contributed by atoms with E-state index < -0.39 is 0 Å². The molecule has 0 saturated heterocycles. The van der Waals surface area contributed by atoms with Gasteiger partial charge >= 0.3 is 0 Å². The van der Waals surface area contributed by atoms with Gasteiger partial charge in [-0.25, -0.2) is 0 Å². The third-order valence-corrected chi connectivity index (χ3v) is 3.57. The highest BCUT2D eigenvalue weighted by Gasteiger charge is 2.10. The second kappa shape index (κ2) is 5.39. The van der Waals surface area contributed by atoms with Crippen LogP contribution in [0.1, 0.15) is 29.7 Å². The van der Waals surface area contributed by atoms with Crippen LogP contribution >= 0.6 is 0 Å². The SMILES string of the molecule is CCc1cccc(C(N)c2ccc3nccnc3c2)c1. The summed E-state index contributed by atoms with van der Waals surface area (Å²) >= 11 is 0. The first kappa shape index (κ1) is 12.8. The Morgan fingerprint density at radius 2 is 1.70 bits per heavy atom. The highest BCUT2D eigenvalue weighted by Crippen LogP contribution is 2.23. The molecule has 0 bridgehead atoms. The predicted molar refractivity (Wildman–Crippen MR) is 81.4 cm³/mol. The van der Waals surface area contributed by atoms with Crippen LogP contribution in [0.5, 0.6) is 0 Å². The molecule has 2 N–H and O–H groups in total. The third kappa shape index (κ3) is 2.40. The summed E-state index contributed by atoms with van der Waals surface area (Å²) < 4.78 is 0. The predicted octanol–water partition coefficient (Wildman–Crippen LogP) is 3.24. The second-order valence-corrected chi connectivity index (χ2v) is 4.88. The molecule has 0 fully saturated rings. The van der Waals surface area contributed by atoms with Crippen molar-refractivity contribution in [3.8, 4) is 0 Å². The molecule has 1 unspecified atom stereocenters. The maximum absolute atomic E-state index is 6.38. The minimum atomic E-state index is -0.132. The lowest BCUT2D eigenvalue weighted by molar-refractivity contribution is 0.868. The zero-order valence-electron chi connectivity index (χ0n) is 11.5. The molecule has 100 valence electrons. The molecule has 0 aliphatic heterocycles. The van der Waals surface area contributed by atoms with E-state index in [1.165, 1.54) is 5.56 Å². The summed E-state index contributed by atoms with van der Waals surface area (Å²) in [4.78, 5) is 8.61. The van der Waals surface area contributed by atoms with Crippen LogP contribution in [0.15, 0.2) is 54.9 Å². The Bertz CT molecular complexity index is 737. The van der Waals surface area contributed by atoms with Gasteiger partial charge in [0.1, 0.15) is 0 Å². The van der Waals surface area contributed by atoms with E-state index in [0.29, 0.717) is 0 Å². The van der Waals surface area contributed by atoms with Crippen LogP contribution in [0.4, 0.5) is 0 Å². The molecule has 3 heteroatoms. The van der Waals surface area contributed by atoms with Gasteiger partial charge in [-0.3, -0.25) is 9.97 Å². The summed E-state index contributed by atoms with van der Waals surface area (Å²) in [7, 11) is 0. The highest BCUT2D eigenvalue weighted by atomic mass is 14.8. The van der Waals surface area contributed by atoms with E-state index in [0.717, 1.165) is 28.6 Å². The number of fused-ring (bicyclic) bond motifs is 1. The zero-order chi connectivity index (χ0) is 13.9. The topological polar surface area (TPSA) is 51.8 Å². The Kier molecular flexibility index (Phi) is 3.44. The summed E-state index contributed by atoms with van der Waals surface area (Å²) in [6.45, 7) is 2.15. The molecule has 3 rings (SSSR count). The number of benzene rings is 2. The van der Waals surface area contributed by atoms with E-state index in [4.69, 9.17) is 5.73 Å². The monoisotopic (exact) mass is 263 g/mol. The van der Waals surface area contributed by atoms with Gasteiger partial charge in [0.15, 0.2) is 0 Å². The van der Waals surface area contributed by atoms with Gasteiger partial charge in [-0.1, -0.05) is 37.3 Å². The third-order valence-electron chi connectivity index (χ3n) is 3.57. The molecular formula is C17H17N3. The van der Waals surface area contributed by atoms with Gasteiger partial charge in [-0.05, 0) is 35.2 Å². The van der Waals surface area contributed by atoms with Crippen molar-refractivity contribution in [2.45, 2.75) is 19.4 Å². The van der Waals surface area contributed by atoms with Crippen LogP contribution in [-0.4, -0.2) is 9.97 Å². The van der Waals surface area contributed by atoms with Gasteiger partial charge in [0.2, 0.25) is 0 Å². The molecule has 1 atom stereocenters. The van der Waals surface area contributed by atoms with Crippen molar-refractivity contribution in [3.63, 3.8) is 0 Å². The molecule has 0 aliphatic rings. The summed E-state index contributed by atoms with van der Waals surface area (Å²) in [5.41, 5.74) is 11.7. The second-order valence-electron chi connectivity index (χ2n) is 4.88. The van der Waals surface area contributed by atoms with Crippen LogP contribution in [0.25, 0.3) is 11.0 Å². The minimum Gasteiger partial charge on any atom is -0.320 e. The largest absolute Gasteiger partial charge is 0.320 e. The van der Waals surface area contributed by atoms with Gasteiger partial charge in [-0.15, -0.1) is 0 Å². The van der Waals surface area contributed by atoms with Crippen molar-refractivity contribution in [2.75, 3.05) is 0 Å². The normalized spacial score (nSPS) is 12.5. The Morgan fingerprint density at radius 3 is 2.50 bits per heavy atom. The standard InChI is InChI=1S/C17H17N3/c1-2-12-4-3-5-13(10-12)17(18)14-6-7-15-16(11-14)20-9-8-19-15/h3-11,17H,2,18H2,1H3. The molecule has 2 aromatic carbocycles. The molecule has 0 spiro atoms. The van der Waals surface area contributed by atoms with E-state index in [-0.39, 0.29) is 6.04 Å². The van der Waals surface area contributed by atoms with Gasteiger partial charge in [-0.2, -0.15) is 0 Å². The van der Waals surface area contributed by atoms with Crippen LogP contribution in [-0.2, 0) is 6.42 Å². The molecule has 1 aromatic heterocycles. The van der Waals surface area contributed by atoms with E-state index in [2.05, 4.69) is 41.2 Å². The van der Waals surface area contributed by atoms with Gasteiger partial charge in [0.25, 0.3) is 0 Å². The Balaban J connectivity index is 2.00. The van der Waals surface area contributed by atoms with E-state index >= 15 is 0 Å². The van der Waals surface area contributed by atoms with Crippen LogP contribution in [0, 0.1) is 0 Å². The summed E-state index contributed by atoms with van der Waals surface area (Å²) in [6.07, 6.45) is 4.42. The van der Waals surface area contributed by atoms with Crippen LogP contribution in [0.3, 0.4) is 0 Å². The maximum atomic E-state index is 6.38. The van der Waals surface area contributed by atoms with Crippen LogP contribution < -0.4 is 5.73 Å². The Morgan fingerprint density at radius 1 is 0.950 bits per heavy atom. The lowest BCUT2D eigenvalue weighted by Gasteiger charge is -2.14. The quantitative estimate of drug-likeness (QED) is 0.789. The molecule has 0 amide bonds. The number of hydrogen-bond acceptors (Lipinski definition) is 3. The van der Waals surface area contributed by atoms with Crippen molar-refractivity contribution in [1.29, 1.82) is 0 Å². The van der Waals surface area contributed by atoms with E-state index in [1.807, 2.05) is 18.2 Å². The molecular weight excluding hydrogens is 246 g/mol. The summed E-state index contributed by atoms with van der Waals surface area (Å²) in [5, 5.41) is 0. The van der Waals surface area contributed by atoms with Crippen molar-refractivity contribution >= 4 is 11.0 Å². The molecule has 0 aliphatic carbocycles. The fourth-order valence-electron chi connectivity index (χ4n) is 2.37. The fourth-order valence-corrected chi connectivity index (χ4v) is 2.37. The Labute approximate surface area is 118 Å². The summed E-state index contributed by atoms with van der Waals surface area (Å²) in [5.74, 6) is 0. The van der Waals surface area contributed by atoms with Gasteiger partial charge < -0.3 is 5.73 Å². The molecule has 3 aromatic rings. The van der Waals surface area contributed by atoms with Gasteiger partial charge in [0, 0.05) is 12.4 Å². The van der Waals surface area contributed by atoms with Crippen molar-refractivity contribution in [1.82, 2.24) is 9.97 Å². The first-order valence-corrected chi connectivity index (χ1v) is 6.83. The number of rotatable bonds is 3. The molecule has 3 nitrogen and oxygen atoms in total.